The van der Waals surface area contributed by atoms with Crippen LogP contribution in [0.25, 0.3) is 6.08 Å². The highest BCUT2D eigenvalue weighted by Gasteiger charge is 2.12. The molecule has 0 unspecified atom stereocenters. The molecule has 0 aromatic heterocycles. The predicted molar refractivity (Wildman–Crippen MR) is 69.2 cm³/mol. The van der Waals surface area contributed by atoms with Gasteiger partial charge in [-0.15, -0.1) is 0 Å². The second-order valence-corrected chi connectivity index (χ2v) is 4.79. The molecule has 0 heterocycles. The normalized spacial score (nSPS) is 12.2. The highest BCUT2D eigenvalue weighted by molar-refractivity contribution is 5.50. The molecule has 1 aromatic carbocycles. The van der Waals surface area contributed by atoms with Gasteiger partial charge in [-0.2, -0.15) is 0 Å². The Morgan fingerprint density at radius 1 is 1.19 bits per heavy atom. The highest BCUT2D eigenvalue weighted by Crippen LogP contribution is 2.22. The van der Waals surface area contributed by atoms with Crippen LogP contribution >= 0.6 is 0 Å². The summed E-state index contributed by atoms with van der Waals surface area (Å²) in [6, 6.07) is 8.63. The van der Waals surface area contributed by atoms with E-state index >= 15 is 0 Å². The Balaban J connectivity index is 2.61. The summed E-state index contributed by atoms with van der Waals surface area (Å²) >= 11 is 0. The molecule has 0 aliphatic rings. The third-order valence-corrected chi connectivity index (χ3v) is 2.41. The zero-order chi connectivity index (χ0) is 12.0. The maximum Gasteiger partial charge on any atom is 0.0866 e. The molecule has 0 aliphatic heterocycles. The maximum absolute atomic E-state index is 5.00. The quantitative estimate of drug-likeness (QED) is 0.620. The Morgan fingerprint density at radius 2 is 1.81 bits per heavy atom. The van der Waals surface area contributed by atoms with Crippen LogP contribution in [0.3, 0.4) is 0 Å². The molecule has 0 aliphatic carbocycles. The summed E-state index contributed by atoms with van der Waals surface area (Å²) in [7, 11) is 1.76. The molecule has 0 bridgehead atoms. The van der Waals surface area contributed by atoms with Gasteiger partial charge in [0, 0.05) is 7.05 Å². The second kappa shape index (κ2) is 5.83. The van der Waals surface area contributed by atoms with E-state index in [0.717, 1.165) is 0 Å². The maximum atomic E-state index is 5.00. The highest BCUT2D eigenvalue weighted by atomic mass is 16.6. The lowest BCUT2D eigenvalue weighted by Gasteiger charge is -2.18. The number of hydrogen-bond acceptors (Lipinski definition) is 2. The molecule has 0 atom stereocenters. The van der Waals surface area contributed by atoms with E-state index in [-0.39, 0.29) is 5.41 Å². The fourth-order valence-corrected chi connectivity index (χ4v) is 1.41. The molecule has 0 saturated carbocycles. The molecular weight excluding hydrogens is 198 g/mol. The van der Waals surface area contributed by atoms with E-state index in [1.54, 1.807) is 7.05 Å². The zero-order valence-electron chi connectivity index (χ0n) is 10.6. The Labute approximate surface area is 98.3 Å². The SMILES string of the molecule is CNOC/C=C/c1ccc(C(C)(C)C)cc1. The minimum absolute atomic E-state index is 0.220. The van der Waals surface area contributed by atoms with Crippen LogP contribution in [0.15, 0.2) is 30.3 Å². The van der Waals surface area contributed by atoms with Gasteiger partial charge in [-0.05, 0) is 16.5 Å². The Bertz CT molecular complexity index is 333. The third-order valence-electron chi connectivity index (χ3n) is 2.41. The molecule has 1 aromatic rings. The van der Waals surface area contributed by atoms with E-state index in [9.17, 15) is 0 Å². The van der Waals surface area contributed by atoms with Gasteiger partial charge in [-0.25, -0.2) is 5.48 Å². The molecule has 0 spiro atoms. The van der Waals surface area contributed by atoms with E-state index < -0.39 is 0 Å². The van der Waals surface area contributed by atoms with Gasteiger partial charge < -0.3 is 0 Å². The molecule has 0 radical (unpaired) electrons. The van der Waals surface area contributed by atoms with Gasteiger partial charge >= 0.3 is 0 Å². The van der Waals surface area contributed by atoms with Gasteiger partial charge in [-0.1, -0.05) is 57.2 Å². The summed E-state index contributed by atoms with van der Waals surface area (Å²) in [5, 5.41) is 0. The van der Waals surface area contributed by atoms with Crippen LogP contribution < -0.4 is 5.48 Å². The number of hydroxylamine groups is 1. The van der Waals surface area contributed by atoms with Crippen LogP contribution in [-0.4, -0.2) is 13.7 Å². The smallest absolute Gasteiger partial charge is 0.0866 e. The van der Waals surface area contributed by atoms with E-state index in [0.29, 0.717) is 6.61 Å². The number of rotatable bonds is 4. The molecular formula is C14H21NO. The summed E-state index contributed by atoms with van der Waals surface area (Å²) in [5.74, 6) is 0. The molecule has 2 nitrogen and oxygen atoms in total. The van der Waals surface area contributed by atoms with Gasteiger partial charge in [0.2, 0.25) is 0 Å². The molecule has 16 heavy (non-hydrogen) atoms. The molecule has 2 heteroatoms. The van der Waals surface area contributed by atoms with Gasteiger partial charge in [0.1, 0.15) is 0 Å². The summed E-state index contributed by atoms with van der Waals surface area (Å²) < 4.78 is 0. The summed E-state index contributed by atoms with van der Waals surface area (Å²) in [6.45, 7) is 7.24. The van der Waals surface area contributed by atoms with Crippen molar-refractivity contribution in [3.8, 4) is 0 Å². The number of hydrogen-bond donors (Lipinski definition) is 1. The van der Waals surface area contributed by atoms with Crippen LogP contribution in [0.2, 0.25) is 0 Å². The minimum atomic E-state index is 0.220. The monoisotopic (exact) mass is 219 g/mol. The molecule has 0 amide bonds. The first kappa shape index (κ1) is 12.9. The summed E-state index contributed by atoms with van der Waals surface area (Å²) in [5.41, 5.74) is 5.41. The van der Waals surface area contributed by atoms with Crippen molar-refractivity contribution in [2.24, 2.45) is 0 Å². The van der Waals surface area contributed by atoms with Crippen LogP contribution in [0.1, 0.15) is 31.9 Å². The van der Waals surface area contributed by atoms with Crippen molar-refractivity contribution in [2.45, 2.75) is 26.2 Å². The van der Waals surface area contributed by atoms with E-state index in [1.807, 2.05) is 6.08 Å². The van der Waals surface area contributed by atoms with Crippen molar-refractivity contribution in [1.82, 2.24) is 5.48 Å². The fourth-order valence-electron chi connectivity index (χ4n) is 1.41. The van der Waals surface area contributed by atoms with Crippen LogP contribution in [0.5, 0.6) is 0 Å². The van der Waals surface area contributed by atoms with Crippen molar-refractivity contribution in [2.75, 3.05) is 13.7 Å². The Morgan fingerprint density at radius 3 is 2.31 bits per heavy atom. The zero-order valence-corrected chi connectivity index (χ0v) is 10.6. The lowest BCUT2D eigenvalue weighted by molar-refractivity contribution is 0.0814. The van der Waals surface area contributed by atoms with Crippen molar-refractivity contribution in [1.29, 1.82) is 0 Å². The second-order valence-electron chi connectivity index (χ2n) is 4.79. The lowest BCUT2D eigenvalue weighted by Crippen LogP contribution is -2.10. The van der Waals surface area contributed by atoms with Crippen molar-refractivity contribution >= 4 is 6.08 Å². The molecule has 1 rings (SSSR count). The van der Waals surface area contributed by atoms with Crippen molar-refractivity contribution < 1.29 is 4.84 Å². The molecule has 1 N–H and O–H groups in total. The molecule has 0 fully saturated rings. The number of benzene rings is 1. The van der Waals surface area contributed by atoms with Crippen LogP contribution in [0.4, 0.5) is 0 Å². The predicted octanol–water partition coefficient (Wildman–Crippen LogP) is 3.15. The summed E-state index contributed by atoms with van der Waals surface area (Å²) in [4.78, 5) is 5.00. The van der Waals surface area contributed by atoms with Crippen LogP contribution in [0, 0.1) is 0 Å². The van der Waals surface area contributed by atoms with Crippen molar-refractivity contribution in [3.63, 3.8) is 0 Å². The van der Waals surface area contributed by atoms with Gasteiger partial charge in [0.05, 0.1) is 6.61 Å². The first-order valence-electron chi connectivity index (χ1n) is 5.59. The Hall–Kier alpha value is -1.12. The first-order valence-corrected chi connectivity index (χ1v) is 5.59. The molecule has 88 valence electrons. The standard InChI is InChI=1S/C14H21NO/c1-14(2,3)13-9-7-12(8-10-13)6-5-11-16-15-4/h5-10,15H,11H2,1-4H3/b6-5+. The topological polar surface area (TPSA) is 21.3 Å². The average Bonchev–Trinajstić information content (AvgIpc) is 2.24. The van der Waals surface area contributed by atoms with Gasteiger partial charge in [0.25, 0.3) is 0 Å². The van der Waals surface area contributed by atoms with Gasteiger partial charge in [-0.3, -0.25) is 4.84 Å². The lowest BCUT2D eigenvalue weighted by atomic mass is 9.87. The van der Waals surface area contributed by atoms with Crippen LogP contribution in [-0.2, 0) is 10.3 Å². The first-order chi connectivity index (χ1) is 7.54. The van der Waals surface area contributed by atoms with Gasteiger partial charge in [0.15, 0.2) is 0 Å². The van der Waals surface area contributed by atoms with E-state index in [1.165, 1.54) is 11.1 Å². The average molecular weight is 219 g/mol. The van der Waals surface area contributed by atoms with E-state index in [4.69, 9.17) is 4.84 Å². The summed E-state index contributed by atoms with van der Waals surface area (Å²) in [6.07, 6.45) is 4.05. The fraction of sp³-hybridized carbons (Fsp3) is 0.429. The molecule has 0 saturated heterocycles. The Kier molecular flexibility index (Phi) is 4.71. The van der Waals surface area contributed by atoms with E-state index in [2.05, 4.69) is 56.6 Å². The largest absolute Gasteiger partial charge is 0.298 e. The number of nitrogens with one attached hydrogen (secondary N) is 1. The van der Waals surface area contributed by atoms with Crippen molar-refractivity contribution in [3.05, 3.63) is 41.5 Å². The third kappa shape index (κ3) is 4.17. The minimum Gasteiger partial charge on any atom is -0.298 e.